The van der Waals surface area contributed by atoms with Gasteiger partial charge < -0.3 is 10.4 Å². The average molecular weight is 129 g/mol. The molecule has 2 nitrogen and oxygen atoms in total. The maximum absolute atomic E-state index is 9.33. The monoisotopic (exact) mass is 129 g/mol. The van der Waals surface area contributed by atoms with E-state index in [1.54, 1.807) is 0 Å². The van der Waals surface area contributed by atoms with Gasteiger partial charge in [0.1, 0.15) is 0 Å². The second kappa shape index (κ2) is 3.18. The highest BCUT2D eigenvalue weighted by atomic mass is 16.3. The first-order valence-electron chi connectivity index (χ1n) is 3.73. The predicted octanol–water partition coefficient (Wildman–Crippen LogP) is 0.367. The number of piperidine rings is 1. The third-order valence-electron chi connectivity index (χ3n) is 2.09. The van der Waals surface area contributed by atoms with Crippen molar-refractivity contribution in [3.8, 4) is 0 Å². The molecule has 1 saturated heterocycles. The van der Waals surface area contributed by atoms with E-state index < -0.39 is 0 Å². The van der Waals surface area contributed by atoms with Gasteiger partial charge in [0.05, 0.1) is 6.10 Å². The highest BCUT2D eigenvalue weighted by Gasteiger charge is 2.19. The fourth-order valence-electron chi connectivity index (χ4n) is 1.33. The molecule has 54 valence electrons. The van der Waals surface area contributed by atoms with E-state index in [0.29, 0.717) is 5.92 Å². The van der Waals surface area contributed by atoms with Crippen molar-refractivity contribution >= 4 is 0 Å². The summed E-state index contributed by atoms with van der Waals surface area (Å²) >= 11 is 0. The molecule has 2 heteroatoms. The highest BCUT2D eigenvalue weighted by Crippen LogP contribution is 2.13. The van der Waals surface area contributed by atoms with Crippen LogP contribution in [0.15, 0.2) is 0 Å². The summed E-state index contributed by atoms with van der Waals surface area (Å²) < 4.78 is 0. The maximum Gasteiger partial charge on any atom is 0.0592 e. The van der Waals surface area contributed by atoms with Crippen molar-refractivity contribution in [3.63, 3.8) is 0 Å². The topological polar surface area (TPSA) is 32.3 Å². The first-order chi connectivity index (χ1) is 4.34. The molecule has 0 aromatic heterocycles. The van der Waals surface area contributed by atoms with Crippen LogP contribution in [0.3, 0.4) is 0 Å². The minimum atomic E-state index is -0.0451. The smallest absolute Gasteiger partial charge is 0.0592 e. The van der Waals surface area contributed by atoms with Crippen molar-refractivity contribution in [2.45, 2.75) is 25.9 Å². The van der Waals surface area contributed by atoms with Crippen LogP contribution in [0.5, 0.6) is 0 Å². The molecule has 9 heavy (non-hydrogen) atoms. The van der Waals surface area contributed by atoms with Gasteiger partial charge in [-0.15, -0.1) is 0 Å². The molecule has 0 aromatic rings. The summed E-state index contributed by atoms with van der Waals surface area (Å²) in [6.45, 7) is 4.11. The fourth-order valence-corrected chi connectivity index (χ4v) is 1.33. The van der Waals surface area contributed by atoms with E-state index in [1.165, 1.54) is 0 Å². The van der Waals surface area contributed by atoms with Gasteiger partial charge in [-0.1, -0.05) is 6.92 Å². The molecule has 0 radical (unpaired) electrons. The SMILES string of the molecule is CCC1CNCC[C@@H]1O. The Balaban J connectivity index is 2.30. The van der Waals surface area contributed by atoms with Crippen LogP contribution < -0.4 is 5.32 Å². The van der Waals surface area contributed by atoms with Gasteiger partial charge in [0.25, 0.3) is 0 Å². The van der Waals surface area contributed by atoms with Crippen LogP contribution in [-0.2, 0) is 0 Å². The molecule has 2 atom stereocenters. The summed E-state index contributed by atoms with van der Waals surface area (Å²) in [7, 11) is 0. The zero-order chi connectivity index (χ0) is 6.69. The van der Waals surface area contributed by atoms with Crippen molar-refractivity contribution in [3.05, 3.63) is 0 Å². The van der Waals surface area contributed by atoms with Crippen LogP contribution in [0.2, 0.25) is 0 Å². The Morgan fingerprint density at radius 1 is 1.67 bits per heavy atom. The van der Waals surface area contributed by atoms with Crippen molar-refractivity contribution in [1.29, 1.82) is 0 Å². The van der Waals surface area contributed by atoms with Gasteiger partial charge in [0, 0.05) is 6.54 Å². The number of hydrogen-bond donors (Lipinski definition) is 2. The van der Waals surface area contributed by atoms with Crippen LogP contribution in [0, 0.1) is 5.92 Å². The van der Waals surface area contributed by atoms with Crippen molar-refractivity contribution < 1.29 is 5.11 Å². The lowest BCUT2D eigenvalue weighted by atomic mass is 9.94. The Labute approximate surface area is 56.3 Å². The lowest BCUT2D eigenvalue weighted by Crippen LogP contribution is -2.39. The Kier molecular flexibility index (Phi) is 2.49. The largest absolute Gasteiger partial charge is 0.393 e. The molecule has 0 spiro atoms. The molecular formula is C7H15NO. The van der Waals surface area contributed by atoms with Gasteiger partial charge in [0.15, 0.2) is 0 Å². The number of rotatable bonds is 1. The number of aliphatic hydroxyl groups is 1. The molecule has 0 saturated carbocycles. The Hall–Kier alpha value is -0.0800. The van der Waals surface area contributed by atoms with Gasteiger partial charge in [-0.05, 0) is 25.3 Å². The van der Waals surface area contributed by atoms with Gasteiger partial charge >= 0.3 is 0 Å². The summed E-state index contributed by atoms with van der Waals surface area (Å²) in [6, 6.07) is 0. The Bertz CT molecular complexity index is 85.0. The fraction of sp³-hybridized carbons (Fsp3) is 1.00. The standard InChI is InChI=1S/C7H15NO/c1-2-6-5-8-4-3-7(6)9/h6-9H,2-5H2,1H3/t6?,7-/m0/s1. The van der Waals surface area contributed by atoms with Crippen LogP contribution >= 0.6 is 0 Å². The van der Waals surface area contributed by atoms with Crippen molar-refractivity contribution in [2.24, 2.45) is 5.92 Å². The Morgan fingerprint density at radius 3 is 2.89 bits per heavy atom. The molecule has 1 aliphatic heterocycles. The van der Waals surface area contributed by atoms with E-state index in [1.807, 2.05) is 0 Å². The van der Waals surface area contributed by atoms with Crippen LogP contribution in [0.1, 0.15) is 19.8 Å². The molecule has 0 aromatic carbocycles. The second-order valence-corrected chi connectivity index (χ2v) is 2.73. The van der Waals surface area contributed by atoms with Crippen LogP contribution in [0.4, 0.5) is 0 Å². The van der Waals surface area contributed by atoms with E-state index in [9.17, 15) is 5.11 Å². The molecule has 0 amide bonds. The van der Waals surface area contributed by atoms with Gasteiger partial charge in [-0.25, -0.2) is 0 Å². The van der Waals surface area contributed by atoms with Crippen LogP contribution in [-0.4, -0.2) is 24.3 Å². The average Bonchev–Trinajstić information content (AvgIpc) is 1.89. The normalized spacial score (nSPS) is 36.7. The summed E-state index contributed by atoms with van der Waals surface area (Å²) in [6.07, 6.45) is 1.98. The zero-order valence-electron chi connectivity index (χ0n) is 5.93. The van der Waals surface area contributed by atoms with E-state index >= 15 is 0 Å². The molecule has 1 aliphatic rings. The first kappa shape index (κ1) is 7.03. The summed E-state index contributed by atoms with van der Waals surface area (Å²) in [4.78, 5) is 0. The highest BCUT2D eigenvalue weighted by molar-refractivity contribution is 4.75. The summed E-state index contributed by atoms with van der Waals surface area (Å²) in [5, 5.41) is 12.6. The minimum absolute atomic E-state index is 0.0451. The van der Waals surface area contributed by atoms with E-state index in [-0.39, 0.29) is 6.10 Å². The second-order valence-electron chi connectivity index (χ2n) is 2.73. The quantitative estimate of drug-likeness (QED) is 0.536. The molecule has 0 bridgehead atoms. The number of aliphatic hydroxyl groups excluding tert-OH is 1. The number of nitrogens with one attached hydrogen (secondary N) is 1. The van der Waals surface area contributed by atoms with Gasteiger partial charge in [-0.3, -0.25) is 0 Å². The van der Waals surface area contributed by atoms with E-state index in [4.69, 9.17) is 0 Å². The molecule has 1 fully saturated rings. The maximum atomic E-state index is 9.33. The molecular weight excluding hydrogens is 114 g/mol. The third kappa shape index (κ3) is 1.66. The number of hydrogen-bond acceptors (Lipinski definition) is 2. The Morgan fingerprint density at radius 2 is 2.44 bits per heavy atom. The molecule has 1 rings (SSSR count). The third-order valence-corrected chi connectivity index (χ3v) is 2.09. The predicted molar refractivity (Wildman–Crippen MR) is 37.3 cm³/mol. The molecule has 1 unspecified atom stereocenters. The zero-order valence-corrected chi connectivity index (χ0v) is 5.93. The van der Waals surface area contributed by atoms with Crippen LogP contribution in [0.25, 0.3) is 0 Å². The van der Waals surface area contributed by atoms with E-state index in [0.717, 1.165) is 25.9 Å². The lowest BCUT2D eigenvalue weighted by molar-refractivity contribution is 0.0771. The molecule has 0 aliphatic carbocycles. The van der Waals surface area contributed by atoms with Gasteiger partial charge in [0.2, 0.25) is 0 Å². The summed E-state index contributed by atoms with van der Waals surface area (Å²) in [5.41, 5.74) is 0. The van der Waals surface area contributed by atoms with Gasteiger partial charge in [-0.2, -0.15) is 0 Å². The molecule has 2 N–H and O–H groups in total. The van der Waals surface area contributed by atoms with Crippen molar-refractivity contribution in [1.82, 2.24) is 5.32 Å². The first-order valence-corrected chi connectivity index (χ1v) is 3.73. The molecule has 1 heterocycles. The van der Waals surface area contributed by atoms with Crippen molar-refractivity contribution in [2.75, 3.05) is 13.1 Å². The lowest BCUT2D eigenvalue weighted by Gasteiger charge is -2.26. The summed E-state index contributed by atoms with van der Waals surface area (Å²) in [5.74, 6) is 0.499. The van der Waals surface area contributed by atoms with E-state index in [2.05, 4.69) is 12.2 Å². The minimum Gasteiger partial charge on any atom is -0.393 e.